The van der Waals surface area contributed by atoms with Gasteiger partial charge in [0.05, 0.1) is 5.41 Å². The number of piperazine rings is 1. The van der Waals surface area contributed by atoms with Crippen molar-refractivity contribution in [2.24, 2.45) is 0 Å². The van der Waals surface area contributed by atoms with Crippen molar-refractivity contribution < 1.29 is 9.53 Å². The maximum Gasteiger partial charge on any atom is 0.231 e. The van der Waals surface area contributed by atoms with Gasteiger partial charge in [-0.2, -0.15) is 0 Å². The SMILES string of the molecule is CC(CN1CCN(c2ccccn2)CC1)NC(=O)C1(c2ccccc2Cl)CCOCC1. The molecule has 1 unspecified atom stereocenters. The van der Waals surface area contributed by atoms with Crippen LogP contribution in [-0.2, 0) is 14.9 Å². The molecule has 2 aliphatic heterocycles. The Kier molecular flexibility index (Phi) is 7.10. The molecule has 0 radical (unpaired) electrons. The van der Waals surface area contributed by atoms with Crippen LogP contribution in [0, 0.1) is 0 Å². The number of benzene rings is 1. The third kappa shape index (κ3) is 5.03. The Hall–Kier alpha value is -2.15. The normalized spacial score (nSPS) is 20.3. The van der Waals surface area contributed by atoms with E-state index < -0.39 is 5.41 Å². The highest BCUT2D eigenvalue weighted by Gasteiger charge is 2.43. The van der Waals surface area contributed by atoms with Gasteiger partial charge >= 0.3 is 0 Å². The lowest BCUT2D eigenvalue weighted by atomic mass is 9.73. The smallest absolute Gasteiger partial charge is 0.231 e. The van der Waals surface area contributed by atoms with E-state index in [2.05, 4.69) is 33.1 Å². The van der Waals surface area contributed by atoms with E-state index in [9.17, 15) is 4.79 Å². The largest absolute Gasteiger partial charge is 0.381 e. The summed E-state index contributed by atoms with van der Waals surface area (Å²) in [6.45, 7) is 7.86. The third-order valence-electron chi connectivity index (χ3n) is 6.43. The zero-order chi connectivity index (χ0) is 21.7. The summed E-state index contributed by atoms with van der Waals surface area (Å²) in [5.41, 5.74) is 0.288. The number of carbonyl (C=O) groups is 1. The average Bonchev–Trinajstić information content (AvgIpc) is 2.81. The van der Waals surface area contributed by atoms with Gasteiger partial charge in [-0.05, 0) is 43.5 Å². The maximum absolute atomic E-state index is 13.5. The highest BCUT2D eigenvalue weighted by molar-refractivity contribution is 6.31. The first-order valence-corrected chi connectivity index (χ1v) is 11.5. The van der Waals surface area contributed by atoms with Crippen molar-refractivity contribution in [2.45, 2.75) is 31.2 Å². The summed E-state index contributed by atoms with van der Waals surface area (Å²) in [5.74, 6) is 1.09. The molecule has 0 bridgehead atoms. The fourth-order valence-corrected chi connectivity index (χ4v) is 5.00. The van der Waals surface area contributed by atoms with Gasteiger partial charge in [0.2, 0.25) is 5.91 Å². The minimum atomic E-state index is -0.622. The number of rotatable bonds is 6. The molecule has 1 aromatic heterocycles. The van der Waals surface area contributed by atoms with Crippen molar-refractivity contribution in [1.29, 1.82) is 0 Å². The van der Waals surface area contributed by atoms with Gasteiger partial charge in [0.15, 0.2) is 0 Å². The van der Waals surface area contributed by atoms with Crippen molar-refractivity contribution in [3.8, 4) is 0 Å². The molecule has 1 N–H and O–H groups in total. The zero-order valence-electron chi connectivity index (χ0n) is 18.1. The molecule has 1 amide bonds. The summed E-state index contributed by atoms with van der Waals surface area (Å²) in [7, 11) is 0. The summed E-state index contributed by atoms with van der Waals surface area (Å²) in [6.07, 6.45) is 3.14. The van der Waals surface area contributed by atoms with E-state index in [1.54, 1.807) is 0 Å². The molecule has 1 atom stereocenters. The molecule has 3 heterocycles. The van der Waals surface area contributed by atoms with E-state index in [-0.39, 0.29) is 11.9 Å². The van der Waals surface area contributed by atoms with Gasteiger partial charge < -0.3 is 15.0 Å². The first-order valence-electron chi connectivity index (χ1n) is 11.1. The fraction of sp³-hybridized carbons (Fsp3) is 0.500. The quantitative estimate of drug-likeness (QED) is 0.744. The number of nitrogens with zero attached hydrogens (tertiary/aromatic N) is 3. The van der Waals surface area contributed by atoms with Crippen LogP contribution >= 0.6 is 11.6 Å². The molecule has 0 spiro atoms. The second-order valence-electron chi connectivity index (χ2n) is 8.52. The average molecular weight is 443 g/mol. The van der Waals surface area contributed by atoms with Gasteiger partial charge in [-0.3, -0.25) is 9.69 Å². The van der Waals surface area contributed by atoms with E-state index in [4.69, 9.17) is 16.3 Å². The van der Waals surface area contributed by atoms with Crippen LogP contribution in [0.5, 0.6) is 0 Å². The third-order valence-corrected chi connectivity index (χ3v) is 6.76. The van der Waals surface area contributed by atoms with Crippen LogP contribution < -0.4 is 10.2 Å². The number of nitrogens with one attached hydrogen (secondary N) is 1. The molecule has 2 aromatic rings. The standard InChI is InChI=1S/C24H31ClN4O2/c1-19(18-28-12-14-29(15-13-28)22-8-4-5-11-26-22)27-23(30)24(9-16-31-17-10-24)20-6-2-3-7-21(20)25/h2-8,11,19H,9-10,12-18H2,1H3,(H,27,30). The molecule has 31 heavy (non-hydrogen) atoms. The number of ether oxygens (including phenoxy) is 1. The molecular formula is C24H31ClN4O2. The number of hydrogen-bond acceptors (Lipinski definition) is 5. The Labute approximate surface area is 189 Å². The van der Waals surface area contributed by atoms with E-state index in [1.807, 2.05) is 42.6 Å². The Morgan fingerprint density at radius 1 is 1.13 bits per heavy atom. The van der Waals surface area contributed by atoms with Crippen LogP contribution in [0.1, 0.15) is 25.3 Å². The summed E-state index contributed by atoms with van der Waals surface area (Å²) in [6, 6.07) is 13.8. The zero-order valence-corrected chi connectivity index (χ0v) is 18.9. The highest BCUT2D eigenvalue weighted by Crippen LogP contribution is 2.39. The number of halogens is 1. The molecule has 2 saturated heterocycles. The maximum atomic E-state index is 13.5. The van der Waals surface area contributed by atoms with Gasteiger partial charge in [-0.15, -0.1) is 0 Å². The molecule has 0 saturated carbocycles. The van der Waals surface area contributed by atoms with Crippen molar-refractivity contribution in [1.82, 2.24) is 15.2 Å². The molecule has 4 rings (SSSR count). The monoisotopic (exact) mass is 442 g/mol. The van der Waals surface area contributed by atoms with Crippen LogP contribution in [0.25, 0.3) is 0 Å². The molecule has 2 aliphatic rings. The van der Waals surface area contributed by atoms with Crippen LogP contribution in [0.4, 0.5) is 5.82 Å². The van der Waals surface area contributed by atoms with Gasteiger partial charge in [0.1, 0.15) is 5.82 Å². The van der Waals surface area contributed by atoms with Crippen LogP contribution in [0.15, 0.2) is 48.7 Å². The van der Waals surface area contributed by atoms with Gasteiger partial charge in [0.25, 0.3) is 0 Å². The van der Waals surface area contributed by atoms with E-state index in [0.29, 0.717) is 31.1 Å². The van der Waals surface area contributed by atoms with Crippen molar-refractivity contribution in [3.63, 3.8) is 0 Å². The Balaban J connectivity index is 1.36. The van der Waals surface area contributed by atoms with Crippen LogP contribution in [0.3, 0.4) is 0 Å². The van der Waals surface area contributed by atoms with Crippen LogP contribution in [0.2, 0.25) is 5.02 Å². The lowest BCUT2D eigenvalue weighted by Gasteiger charge is -2.39. The predicted octanol–water partition coefficient (Wildman–Crippen LogP) is 3.11. The topological polar surface area (TPSA) is 57.7 Å². The molecule has 2 fully saturated rings. The molecule has 1 aromatic carbocycles. The number of amides is 1. The highest BCUT2D eigenvalue weighted by atomic mass is 35.5. The molecule has 166 valence electrons. The first-order chi connectivity index (χ1) is 15.1. The van der Waals surface area contributed by atoms with E-state index in [1.165, 1.54) is 0 Å². The molecule has 7 heteroatoms. The summed E-state index contributed by atoms with van der Waals surface area (Å²) in [5, 5.41) is 3.94. The van der Waals surface area contributed by atoms with E-state index >= 15 is 0 Å². The first kappa shape index (κ1) is 22.1. The lowest BCUT2D eigenvalue weighted by Crippen LogP contribution is -2.54. The van der Waals surface area contributed by atoms with Gasteiger partial charge in [-0.25, -0.2) is 4.98 Å². The van der Waals surface area contributed by atoms with Crippen LogP contribution in [-0.4, -0.2) is 67.8 Å². The van der Waals surface area contributed by atoms with Crippen molar-refractivity contribution >= 4 is 23.3 Å². The summed E-state index contributed by atoms with van der Waals surface area (Å²) >= 11 is 6.51. The number of hydrogen-bond donors (Lipinski definition) is 1. The number of anilines is 1. The minimum Gasteiger partial charge on any atom is -0.381 e. The van der Waals surface area contributed by atoms with E-state index in [0.717, 1.165) is 44.1 Å². The lowest BCUT2D eigenvalue weighted by molar-refractivity contribution is -0.131. The summed E-state index contributed by atoms with van der Waals surface area (Å²) in [4.78, 5) is 22.7. The number of pyridine rings is 1. The summed E-state index contributed by atoms with van der Waals surface area (Å²) < 4.78 is 5.57. The Morgan fingerprint density at radius 3 is 2.52 bits per heavy atom. The second-order valence-corrected chi connectivity index (χ2v) is 8.93. The van der Waals surface area contributed by atoms with Gasteiger partial charge in [0, 0.05) is 63.2 Å². The molecule has 0 aliphatic carbocycles. The Morgan fingerprint density at radius 2 is 1.84 bits per heavy atom. The molecular weight excluding hydrogens is 412 g/mol. The Bertz CT molecular complexity index is 865. The molecule has 6 nitrogen and oxygen atoms in total. The number of aromatic nitrogens is 1. The fourth-order valence-electron chi connectivity index (χ4n) is 4.68. The predicted molar refractivity (Wildman–Crippen MR) is 124 cm³/mol. The van der Waals surface area contributed by atoms with Gasteiger partial charge in [-0.1, -0.05) is 35.9 Å². The minimum absolute atomic E-state index is 0.0520. The second kappa shape index (κ2) is 9.98. The number of carbonyl (C=O) groups excluding carboxylic acids is 1. The van der Waals surface area contributed by atoms with Crippen molar-refractivity contribution in [3.05, 3.63) is 59.2 Å². The van der Waals surface area contributed by atoms with Crippen molar-refractivity contribution in [2.75, 3.05) is 50.8 Å².